The summed E-state index contributed by atoms with van der Waals surface area (Å²) in [5, 5.41) is 0. The molecule has 1 saturated carbocycles. The third-order valence-corrected chi connectivity index (χ3v) is 5.96. The van der Waals surface area contributed by atoms with Crippen molar-refractivity contribution in [1.29, 1.82) is 0 Å². The van der Waals surface area contributed by atoms with Crippen molar-refractivity contribution in [1.82, 2.24) is 9.21 Å². The third-order valence-electron chi connectivity index (χ3n) is 4.08. The lowest BCUT2D eigenvalue weighted by Crippen LogP contribution is -2.57. The van der Waals surface area contributed by atoms with Gasteiger partial charge in [0.15, 0.2) is 0 Å². The fourth-order valence-electron chi connectivity index (χ4n) is 2.43. The standard InChI is InChI=1S/C12H27N3O2S/c1-14(2)12(7-6-8-12)11-15(3)18(16,17)10-5-4-9-13/h4-11,13H2,1-3H3. The summed E-state index contributed by atoms with van der Waals surface area (Å²) in [6.07, 6.45) is 4.79. The first-order valence-corrected chi connectivity index (χ1v) is 8.26. The molecule has 1 aliphatic carbocycles. The van der Waals surface area contributed by atoms with Gasteiger partial charge in [-0.05, 0) is 52.7 Å². The molecule has 0 aliphatic heterocycles. The molecule has 0 radical (unpaired) electrons. The second-order valence-corrected chi connectivity index (χ2v) is 7.74. The predicted molar refractivity (Wildman–Crippen MR) is 75.0 cm³/mol. The normalized spacial score (nSPS) is 19.2. The molecule has 0 aromatic heterocycles. The Labute approximate surface area is 111 Å². The van der Waals surface area contributed by atoms with Crippen molar-refractivity contribution in [3.63, 3.8) is 0 Å². The monoisotopic (exact) mass is 277 g/mol. The first-order valence-electron chi connectivity index (χ1n) is 6.65. The van der Waals surface area contributed by atoms with Gasteiger partial charge in [-0.2, -0.15) is 0 Å². The van der Waals surface area contributed by atoms with Crippen LogP contribution in [0.15, 0.2) is 0 Å². The Kier molecular flexibility index (Phi) is 5.58. The Balaban J connectivity index is 2.55. The van der Waals surface area contributed by atoms with E-state index in [4.69, 9.17) is 5.73 Å². The van der Waals surface area contributed by atoms with Gasteiger partial charge in [-0.1, -0.05) is 0 Å². The highest BCUT2D eigenvalue weighted by Crippen LogP contribution is 2.37. The van der Waals surface area contributed by atoms with Crippen molar-refractivity contribution in [3.8, 4) is 0 Å². The Bertz CT molecular complexity index is 350. The van der Waals surface area contributed by atoms with E-state index in [2.05, 4.69) is 4.90 Å². The largest absolute Gasteiger partial charge is 0.330 e. The molecular formula is C12H27N3O2S. The zero-order valence-electron chi connectivity index (χ0n) is 11.9. The molecule has 0 aromatic rings. The smallest absolute Gasteiger partial charge is 0.213 e. The van der Waals surface area contributed by atoms with Gasteiger partial charge >= 0.3 is 0 Å². The third kappa shape index (κ3) is 3.66. The van der Waals surface area contributed by atoms with Crippen molar-refractivity contribution >= 4 is 10.0 Å². The lowest BCUT2D eigenvalue weighted by atomic mass is 9.75. The minimum atomic E-state index is -3.12. The summed E-state index contributed by atoms with van der Waals surface area (Å²) in [5.74, 6) is 0.213. The van der Waals surface area contributed by atoms with Gasteiger partial charge in [0.05, 0.1) is 5.75 Å². The minimum Gasteiger partial charge on any atom is -0.330 e. The minimum absolute atomic E-state index is 0.0513. The Morgan fingerprint density at radius 3 is 2.17 bits per heavy atom. The molecule has 0 saturated heterocycles. The maximum atomic E-state index is 12.1. The van der Waals surface area contributed by atoms with Crippen LogP contribution < -0.4 is 5.73 Å². The molecule has 0 amide bonds. The molecule has 2 N–H and O–H groups in total. The van der Waals surface area contributed by atoms with Gasteiger partial charge in [-0.15, -0.1) is 0 Å². The Hall–Kier alpha value is -0.170. The molecule has 18 heavy (non-hydrogen) atoms. The quantitative estimate of drug-likeness (QED) is 0.655. The molecule has 0 bridgehead atoms. The molecule has 0 unspecified atom stereocenters. The maximum Gasteiger partial charge on any atom is 0.213 e. The van der Waals surface area contributed by atoms with Crippen LogP contribution >= 0.6 is 0 Å². The van der Waals surface area contributed by atoms with Gasteiger partial charge < -0.3 is 10.6 Å². The molecular weight excluding hydrogens is 250 g/mol. The van der Waals surface area contributed by atoms with Crippen molar-refractivity contribution < 1.29 is 8.42 Å². The highest BCUT2D eigenvalue weighted by atomic mass is 32.2. The van der Waals surface area contributed by atoms with Gasteiger partial charge in [0.2, 0.25) is 10.0 Å². The van der Waals surface area contributed by atoms with Crippen LogP contribution in [-0.4, -0.2) is 63.1 Å². The van der Waals surface area contributed by atoms with E-state index in [0.717, 1.165) is 19.3 Å². The van der Waals surface area contributed by atoms with Crippen LogP contribution in [0.5, 0.6) is 0 Å². The highest BCUT2D eigenvalue weighted by Gasteiger charge is 2.41. The summed E-state index contributed by atoms with van der Waals surface area (Å²) in [5.41, 5.74) is 5.44. The van der Waals surface area contributed by atoms with Crippen molar-refractivity contribution in [3.05, 3.63) is 0 Å². The lowest BCUT2D eigenvalue weighted by molar-refractivity contribution is 0.0455. The van der Waals surface area contributed by atoms with Gasteiger partial charge in [0.1, 0.15) is 0 Å². The number of unbranched alkanes of at least 4 members (excludes halogenated alkanes) is 1. The predicted octanol–water partition coefficient (Wildman–Crippen LogP) is 0.471. The van der Waals surface area contributed by atoms with Gasteiger partial charge in [0.25, 0.3) is 0 Å². The Morgan fingerprint density at radius 1 is 1.17 bits per heavy atom. The van der Waals surface area contributed by atoms with E-state index in [1.165, 1.54) is 10.7 Å². The number of nitrogens with zero attached hydrogens (tertiary/aromatic N) is 2. The van der Waals surface area contributed by atoms with E-state index in [1.807, 2.05) is 14.1 Å². The average Bonchev–Trinajstić information content (AvgIpc) is 2.22. The zero-order valence-corrected chi connectivity index (χ0v) is 12.7. The zero-order chi connectivity index (χ0) is 13.8. The summed E-state index contributed by atoms with van der Waals surface area (Å²) < 4.78 is 25.8. The first-order chi connectivity index (χ1) is 8.34. The molecule has 5 nitrogen and oxygen atoms in total. The summed E-state index contributed by atoms with van der Waals surface area (Å²) in [4.78, 5) is 2.17. The van der Waals surface area contributed by atoms with Crippen LogP contribution in [0.3, 0.4) is 0 Å². The second-order valence-electron chi connectivity index (χ2n) is 5.54. The van der Waals surface area contributed by atoms with Crippen LogP contribution in [0.25, 0.3) is 0 Å². The Morgan fingerprint density at radius 2 is 1.78 bits per heavy atom. The summed E-state index contributed by atoms with van der Waals surface area (Å²) in [6, 6.07) is 0. The lowest BCUT2D eigenvalue weighted by Gasteiger charge is -2.49. The fourth-order valence-corrected chi connectivity index (χ4v) is 3.75. The summed E-state index contributed by atoms with van der Waals surface area (Å²) >= 11 is 0. The number of hydrogen-bond acceptors (Lipinski definition) is 4. The van der Waals surface area contributed by atoms with Gasteiger partial charge in [-0.3, -0.25) is 0 Å². The number of likely N-dealkylation sites (N-methyl/N-ethyl adjacent to an activating group) is 2. The molecule has 1 rings (SSSR count). The summed E-state index contributed by atoms with van der Waals surface area (Å²) in [6.45, 7) is 1.16. The molecule has 0 aromatic carbocycles. The van der Waals surface area contributed by atoms with Crippen LogP contribution in [0.4, 0.5) is 0 Å². The second kappa shape index (κ2) is 6.32. The van der Waals surface area contributed by atoms with Crippen LogP contribution in [-0.2, 0) is 10.0 Å². The van der Waals surface area contributed by atoms with Crippen molar-refractivity contribution in [2.75, 3.05) is 40.0 Å². The van der Waals surface area contributed by atoms with Crippen LogP contribution in [0.1, 0.15) is 32.1 Å². The number of rotatable bonds is 8. The van der Waals surface area contributed by atoms with E-state index in [-0.39, 0.29) is 11.3 Å². The average molecular weight is 277 g/mol. The van der Waals surface area contributed by atoms with E-state index >= 15 is 0 Å². The number of nitrogens with two attached hydrogens (primary N) is 1. The van der Waals surface area contributed by atoms with E-state index in [1.54, 1.807) is 7.05 Å². The molecule has 6 heteroatoms. The summed E-state index contributed by atoms with van der Waals surface area (Å²) in [7, 11) is 2.64. The van der Waals surface area contributed by atoms with E-state index < -0.39 is 10.0 Å². The van der Waals surface area contributed by atoms with Gasteiger partial charge in [0, 0.05) is 19.1 Å². The topological polar surface area (TPSA) is 66.6 Å². The molecule has 108 valence electrons. The van der Waals surface area contributed by atoms with E-state index in [9.17, 15) is 8.42 Å². The molecule has 1 aliphatic rings. The maximum absolute atomic E-state index is 12.1. The van der Waals surface area contributed by atoms with Crippen LogP contribution in [0.2, 0.25) is 0 Å². The van der Waals surface area contributed by atoms with Crippen molar-refractivity contribution in [2.24, 2.45) is 5.73 Å². The SMILES string of the molecule is CN(C)C1(CN(C)S(=O)(=O)CCCCN)CCC1. The van der Waals surface area contributed by atoms with Crippen LogP contribution in [0, 0.1) is 0 Å². The fraction of sp³-hybridized carbons (Fsp3) is 1.00. The van der Waals surface area contributed by atoms with Gasteiger partial charge in [-0.25, -0.2) is 12.7 Å². The molecule has 0 spiro atoms. The molecule has 0 atom stereocenters. The molecule has 0 heterocycles. The van der Waals surface area contributed by atoms with E-state index in [0.29, 0.717) is 19.5 Å². The number of hydrogen-bond donors (Lipinski definition) is 1. The number of sulfonamides is 1. The highest BCUT2D eigenvalue weighted by molar-refractivity contribution is 7.89. The first kappa shape index (κ1) is 15.9. The van der Waals surface area contributed by atoms with Crippen molar-refractivity contribution in [2.45, 2.75) is 37.6 Å². The molecule has 1 fully saturated rings.